The first-order valence-corrected chi connectivity index (χ1v) is 11.8. The van der Waals surface area contributed by atoms with Crippen LogP contribution in [-0.2, 0) is 14.3 Å². The van der Waals surface area contributed by atoms with Crippen molar-refractivity contribution in [3.63, 3.8) is 0 Å². The number of piperidine rings is 1. The average molecular weight is 449 g/mol. The lowest BCUT2D eigenvalue weighted by Crippen LogP contribution is -2.50. The zero-order valence-corrected chi connectivity index (χ0v) is 19.3. The fraction of sp³-hybridized carbons (Fsp3) is 0.667. The Morgan fingerprint density at radius 2 is 1.72 bits per heavy atom. The van der Waals surface area contributed by atoms with Crippen molar-refractivity contribution >= 4 is 17.5 Å². The molecule has 2 saturated heterocycles. The van der Waals surface area contributed by atoms with Gasteiger partial charge >= 0.3 is 0 Å². The maximum atomic E-state index is 13.2. The summed E-state index contributed by atoms with van der Waals surface area (Å²) in [6.07, 6.45) is 1.43. The first kappa shape index (κ1) is 24.6. The molecule has 178 valence electrons. The average Bonchev–Trinajstić information content (AvgIpc) is 2.78. The molecular weight excluding hydrogens is 411 g/mol. The number of halogens is 1. The number of benzene rings is 1. The van der Waals surface area contributed by atoms with Gasteiger partial charge in [-0.15, -0.1) is 0 Å². The Balaban J connectivity index is 1.52. The molecule has 2 N–H and O–H groups in total. The Hall–Kier alpha value is -2.03. The molecule has 1 aromatic rings. The van der Waals surface area contributed by atoms with E-state index in [4.69, 9.17) is 4.74 Å². The van der Waals surface area contributed by atoms with Gasteiger partial charge in [0.1, 0.15) is 5.82 Å². The highest BCUT2D eigenvalue weighted by atomic mass is 19.1. The predicted molar refractivity (Wildman–Crippen MR) is 123 cm³/mol. The first-order valence-electron chi connectivity index (χ1n) is 11.8. The highest BCUT2D eigenvalue weighted by Crippen LogP contribution is 2.25. The molecule has 2 aliphatic heterocycles. The second-order valence-electron chi connectivity index (χ2n) is 9.34. The number of morpholine rings is 1. The summed E-state index contributed by atoms with van der Waals surface area (Å²) in [5.41, 5.74) is 0.571. The largest absolute Gasteiger partial charge is 0.379 e. The van der Waals surface area contributed by atoms with E-state index in [0.717, 1.165) is 45.8 Å². The normalized spacial score (nSPS) is 22.6. The van der Waals surface area contributed by atoms with Crippen molar-refractivity contribution in [2.24, 2.45) is 17.8 Å². The van der Waals surface area contributed by atoms with E-state index in [1.54, 1.807) is 12.1 Å². The maximum Gasteiger partial charge on any atom is 0.228 e. The zero-order chi connectivity index (χ0) is 22.9. The van der Waals surface area contributed by atoms with Crippen molar-refractivity contribution in [1.29, 1.82) is 0 Å². The summed E-state index contributed by atoms with van der Waals surface area (Å²) in [6, 6.07) is 5.77. The number of likely N-dealkylation sites (tertiary alicyclic amines) is 1. The Morgan fingerprint density at radius 1 is 1.06 bits per heavy atom. The molecule has 32 heavy (non-hydrogen) atoms. The van der Waals surface area contributed by atoms with Crippen molar-refractivity contribution in [2.45, 2.75) is 26.7 Å². The topological polar surface area (TPSA) is 73.9 Å². The number of hydrogen-bond donors (Lipinski definition) is 2. The number of rotatable bonds is 9. The van der Waals surface area contributed by atoms with E-state index in [0.29, 0.717) is 37.7 Å². The lowest BCUT2D eigenvalue weighted by molar-refractivity contribution is -0.130. The maximum absolute atomic E-state index is 13.2. The van der Waals surface area contributed by atoms with Crippen molar-refractivity contribution < 1.29 is 18.7 Å². The minimum Gasteiger partial charge on any atom is -0.379 e. The third-order valence-electron chi connectivity index (χ3n) is 6.06. The number of nitrogens with one attached hydrogen (secondary N) is 2. The molecule has 1 aromatic carbocycles. The molecule has 2 atom stereocenters. The van der Waals surface area contributed by atoms with Crippen molar-refractivity contribution in [3.05, 3.63) is 30.1 Å². The number of nitrogens with zero attached hydrogens (tertiary/aromatic N) is 2. The fourth-order valence-electron chi connectivity index (χ4n) is 4.50. The van der Waals surface area contributed by atoms with Gasteiger partial charge in [-0.3, -0.25) is 14.5 Å². The molecule has 0 radical (unpaired) electrons. The number of ether oxygens (including phenoxy) is 1. The van der Waals surface area contributed by atoms with Crippen LogP contribution in [0.1, 0.15) is 26.7 Å². The van der Waals surface area contributed by atoms with Gasteiger partial charge in [-0.25, -0.2) is 4.39 Å². The van der Waals surface area contributed by atoms with E-state index in [9.17, 15) is 14.0 Å². The van der Waals surface area contributed by atoms with Gasteiger partial charge in [0.15, 0.2) is 0 Å². The third kappa shape index (κ3) is 7.83. The van der Waals surface area contributed by atoms with Crippen LogP contribution in [0.4, 0.5) is 10.1 Å². The second kappa shape index (κ2) is 12.3. The van der Waals surface area contributed by atoms with Crippen molar-refractivity contribution in [3.8, 4) is 0 Å². The molecular formula is C24H37FN4O3. The highest BCUT2D eigenvalue weighted by molar-refractivity contribution is 5.93. The van der Waals surface area contributed by atoms with Gasteiger partial charge in [-0.2, -0.15) is 0 Å². The van der Waals surface area contributed by atoms with E-state index >= 15 is 0 Å². The number of carbonyl (C=O) groups is 2. The summed E-state index contributed by atoms with van der Waals surface area (Å²) in [7, 11) is 0. The van der Waals surface area contributed by atoms with Crippen LogP contribution in [0.25, 0.3) is 0 Å². The first-order chi connectivity index (χ1) is 15.4. The monoisotopic (exact) mass is 448 g/mol. The summed E-state index contributed by atoms with van der Waals surface area (Å²) in [5, 5.41) is 5.97. The quantitative estimate of drug-likeness (QED) is 0.567. The molecule has 0 bridgehead atoms. The molecule has 2 heterocycles. The van der Waals surface area contributed by atoms with Crippen LogP contribution in [-0.4, -0.2) is 80.6 Å². The van der Waals surface area contributed by atoms with Gasteiger partial charge in [0.2, 0.25) is 11.8 Å². The molecule has 0 spiro atoms. The van der Waals surface area contributed by atoms with Crippen LogP contribution < -0.4 is 10.6 Å². The Morgan fingerprint density at radius 3 is 2.38 bits per heavy atom. The summed E-state index contributed by atoms with van der Waals surface area (Å²) in [5.74, 6) is -0.470. The van der Waals surface area contributed by atoms with Crippen LogP contribution in [0.3, 0.4) is 0 Å². The molecule has 2 amide bonds. The van der Waals surface area contributed by atoms with Crippen LogP contribution in [0.2, 0.25) is 0 Å². The summed E-state index contributed by atoms with van der Waals surface area (Å²) in [6.45, 7) is 11.5. The van der Waals surface area contributed by atoms with Crippen molar-refractivity contribution in [2.75, 3.05) is 64.3 Å². The van der Waals surface area contributed by atoms with Crippen LogP contribution in [0.15, 0.2) is 24.3 Å². The lowest BCUT2D eigenvalue weighted by atomic mass is 9.87. The molecule has 0 aromatic heterocycles. The molecule has 2 fully saturated rings. The van der Waals surface area contributed by atoms with E-state index in [1.165, 1.54) is 12.1 Å². The number of amides is 2. The standard InChI is InChI=1S/C24H37FN4O3/c1-18(2)15-29-16-19(23(30)26-8-3-9-28-10-12-32-13-11-28)14-20(17-29)24(31)27-22-6-4-21(25)5-7-22/h4-7,18-20H,3,8-17H2,1-2H3,(H,26,30)(H,27,31)/t19-,20+/m0/s1. The van der Waals surface area contributed by atoms with Gasteiger partial charge in [0, 0.05) is 45.0 Å². The molecule has 2 aliphatic rings. The Bertz CT molecular complexity index is 737. The van der Waals surface area contributed by atoms with E-state index < -0.39 is 0 Å². The molecule has 8 heteroatoms. The Kier molecular flexibility index (Phi) is 9.44. The highest BCUT2D eigenvalue weighted by Gasteiger charge is 2.35. The zero-order valence-electron chi connectivity index (χ0n) is 19.3. The smallest absolute Gasteiger partial charge is 0.228 e. The molecule has 3 rings (SSSR count). The predicted octanol–water partition coefficient (Wildman–Crippen LogP) is 2.20. The molecule has 0 aliphatic carbocycles. The van der Waals surface area contributed by atoms with Gasteiger partial charge in [-0.1, -0.05) is 13.8 Å². The third-order valence-corrected chi connectivity index (χ3v) is 6.06. The lowest BCUT2D eigenvalue weighted by Gasteiger charge is -2.37. The second-order valence-corrected chi connectivity index (χ2v) is 9.34. The number of anilines is 1. The summed E-state index contributed by atoms with van der Waals surface area (Å²) in [4.78, 5) is 30.4. The van der Waals surface area contributed by atoms with E-state index in [1.807, 2.05) is 0 Å². The molecule has 0 unspecified atom stereocenters. The minimum atomic E-state index is -0.339. The Labute approximate surface area is 190 Å². The van der Waals surface area contributed by atoms with Gasteiger partial charge < -0.3 is 20.3 Å². The van der Waals surface area contributed by atoms with Crippen LogP contribution >= 0.6 is 0 Å². The summed E-state index contributed by atoms with van der Waals surface area (Å²) >= 11 is 0. The fourth-order valence-corrected chi connectivity index (χ4v) is 4.50. The molecule has 0 saturated carbocycles. The van der Waals surface area contributed by atoms with Gasteiger partial charge in [0.05, 0.1) is 25.0 Å². The van der Waals surface area contributed by atoms with E-state index in [2.05, 4.69) is 34.3 Å². The van der Waals surface area contributed by atoms with Crippen LogP contribution in [0.5, 0.6) is 0 Å². The van der Waals surface area contributed by atoms with E-state index in [-0.39, 0.29) is 29.5 Å². The summed E-state index contributed by atoms with van der Waals surface area (Å²) < 4.78 is 18.5. The number of carbonyl (C=O) groups excluding carboxylic acids is 2. The molecule has 7 nitrogen and oxygen atoms in total. The van der Waals surface area contributed by atoms with Crippen molar-refractivity contribution in [1.82, 2.24) is 15.1 Å². The number of hydrogen-bond acceptors (Lipinski definition) is 5. The van der Waals surface area contributed by atoms with Gasteiger partial charge in [-0.05, 0) is 49.6 Å². The minimum absolute atomic E-state index is 0.0278. The SMILES string of the molecule is CC(C)CN1C[C@@H](C(=O)NCCCN2CCOCC2)C[C@@H](C(=O)Nc2ccc(F)cc2)C1. The van der Waals surface area contributed by atoms with Crippen LogP contribution in [0, 0.1) is 23.6 Å². The van der Waals surface area contributed by atoms with Gasteiger partial charge in [0.25, 0.3) is 0 Å².